The second-order valence-corrected chi connectivity index (χ2v) is 6.41. The number of aryl methyl sites for hydroxylation is 1. The van der Waals surface area contributed by atoms with E-state index in [1.54, 1.807) is 12.1 Å². The van der Waals surface area contributed by atoms with Crippen LogP contribution in [-0.4, -0.2) is 26.0 Å². The van der Waals surface area contributed by atoms with Gasteiger partial charge in [-0.25, -0.2) is 9.37 Å². The summed E-state index contributed by atoms with van der Waals surface area (Å²) in [7, 11) is 0. The zero-order chi connectivity index (χ0) is 16.9. The molecule has 0 fully saturated rings. The number of hydrogen-bond acceptors (Lipinski definition) is 7. The molecule has 0 spiro atoms. The van der Waals surface area contributed by atoms with Crippen molar-refractivity contribution >= 4 is 16.7 Å². The number of benzene rings is 1. The molecule has 1 aromatic carbocycles. The third-order valence-corrected chi connectivity index (χ3v) is 4.06. The number of anilines is 1. The standard InChI is InChI=1S/C16H18FN5OS/c1-10(2)14-20-16(24-22-14)18-9-3-4-13-19-15(21-23-13)11-5-7-12(17)8-6-11/h5-8,10H,3-4,9H2,1-2H3,(H,18,20,22). The van der Waals surface area contributed by atoms with Crippen molar-refractivity contribution in [3.05, 3.63) is 41.8 Å². The highest BCUT2D eigenvalue weighted by Gasteiger charge is 2.09. The monoisotopic (exact) mass is 347 g/mol. The molecule has 6 nitrogen and oxygen atoms in total. The molecule has 0 amide bonds. The second kappa shape index (κ2) is 7.48. The van der Waals surface area contributed by atoms with Crippen molar-refractivity contribution in [1.29, 1.82) is 0 Å². The molecule has 8 heteroatoms. The molecule has 0 aliphatic heterocycles. The Morgan fingerprint density at radius 3 is 2.71 bits per heavy atom. The maximum Gasteiger partial charge on any atom is 0.227 e. The largest absolute Gasteiger partial charge is 0.360 e. The molecular weight excluding hydrogens is 329 g/mol. The minimum absolute atomic E-state index is 0.286. The summed E-state index contributed by atoms with van der Waals surface area (Å²) >= 11 is 1.37. The van der Waals surface area contributed by atoms with E-state index in [1.165, 1.54) is 23.7 Å². The van der Waals surface area contributed by atoms with Gasteiger partial charge in [0.1, 0.15) is 11.6 Å². The van der Waals surface area contributed by atoms with Crippen molar-refractivity contribution in [2.75, 3.05) is 11.9 Å². The molecule has 0 radical (unpaired) electrons. The summed E-state index contributed by atoms with van der Waals surface area (Å²) in [6.07, 6.45) is 1.50. The molecule has 2 heterocycles. The number of aromatic nitrogens is 4. The molecule has 0 saturated heterocycles. The van der Waals surface area contributed by atoms with Crippen LogP contribution in [0.3, 0.4) is 0 Å². The molecule has 3 aromatic rings. The van der Waals surface area contributed by atoms with E-state index in [1.807, 2.05) is 0 Å². The molecule has 24 heavy (non-hydrogen) atoms. The highest BCUT2D eigenvalue weighted by Crippen LogP contribution is 2.18. The number of halogens is 1. The Morgan fingerprint density at radius 2 is 2.00 bits per heavy atom. The van der Waals surface area contributed by atoms with E-state index in [0.29, 0.717) is 24.1 Å². The number of nitrogens with zero attached hydrogens (tertiary/aromatic N) is 4. The zero-order valence-corrected chi connectivity index (χ0v) is 14.3. The van der Waals surface area contributed by atoms with Crippen LogP contribution in [0.2, 0.25) is 0 Å². The first-order valence-electron chi connectivity index (χ1n) is 7.78. The molecule has 3 rings (SSSR count). The van der Waals surface area contributed by atoms with Gasteiger partial charge in [-0.2, -0.15) is 9.36 Å². The summed E-state index contributed by atoms with van der Waals surface area (Å²) < 4.78 is 22.4. The minimum Gasteiger partial charge on any atom is -0.360 e. The van der Waals surface area contributed by atoms with Crippen molar-refractivity contribution in [3.63, 3.8) is 0 Å². The first kappa shape index (κ1) is 16.5. The highest BCUT2D eigenvalue weighted by atomic mass is 32.1. The van der Waals surface area contributed by atoms with Gasteiger partial charge >= 0.3 is 0 Å². The molecule has 126 valence electrons. The van der Waals surface area contributed by atoms with Gasteiger partial charge in [-0.15, -0.1) is 0 Å². The van der Waals surface area contributed by atoms with Gasteiger partial charge in [0.25, 0.3) is 0 Å². The molecule has 0 bridgehead atoms. The molecular formula is C16H18FN5OS. The first-order valence-corrected chi connectivity index (χ1v) is 8.55. The average Bonchev–Trinajstić information content (AvgIpc) is 3.22. The van der Waals surface area contributed by atoms with E-state index in [-0.39, 0.29) is 5.82 Å². The summed E-state index contributed by atoms with van der Waals surface area (Å²) in [4.78, 5) is 8.75. The van der Waals surface area contributed by atoms with Crippen LogP contribution in [0.4, 0.5) is 9.52 Å². The lowest BCUT2D eigenvalue weighted by atomic mass is 10.2. The van der Waals surface area contributed by atoms with Crippen LogP contribution in [0.15, 0.2) is 28.8 Å². The van der Waals surface area contributed by atoms with Crippen molar-refractivity contribution in [1.82, 2.24) is 19.5 Å². The van der Waals surface area contributed by atoms with Crippen LogP contribution in [0.25, 0.3) is 11.4 Å². The van der Waals surface area contributed by atoms with E-state index in [4.69, 9.17) is 4.52 Å². The molecule has 0 aliphatic carbocycles. The second-order valence-electron chi connectivity index (χ2n) is 5.66. The van der Waals surface area contributed by atoms with E-state index in [0.717, 1.165) is 29.5 Å². The molecule has 0 unspecified atom stereocenters. The fraction of sp³-hybridized carbons (Fsp3) is 0.375. The molecule has 0 atom stereocenters. The third kappa shape index (κ3) is 4.14. The van der Waals surface area contributed by atoms with Gasteiger partial charge in [0.2, 0.25) is 16.8 Å². The van der Waals surface area contributed by atoms with Gasteiger partial charge in [0.15, 0.2) is 0 Å². The van der Waals surface area contributed by atoms with Crippen LogP contribution in [-0.2, 0) is 6.42 Å². The average molecular weight is 347 g/mol. The normalized spacial score (nSPS) is 11.2. The summed E-state index contributed by atoms with van der Waals surface area (Å²) in [5.41, 5.74) is 0.736. The Labute approximate surface area is 143 Å². The fourth-order valence-corrected chi connectivity index (χ4v) is 2.78. The topological polar surface area (TPSA) is 76.7 Å². The Bertz CT molecular complexity index is 784. The number of hydrogen-bond donors (Lipinski definition) is 1. The minimum atomic E-state index is -0.286. The Kier molecular flexibility index (Phi) is 5.14. The summed E-state index contributed by atoms with van der Waals surface area (Å²) in [6, 6.07) is 6.02. The molecule has 0 saturated carbocycles. The fourth-order valence-electron chi connectivity index (χ4n) is 2.05. The maximum absolute atomic E-state index is 12.9. The van der Waals surface area contributed by atoms with E-state index in [2.05, 4.69) is 38.7 Å². The van der Waals surface area contributed by atoms with Crippen LogP contribution in [0.1, 0.15) is 37.9 Å². The SMILES string of the molecule is CC(C)c1nsc(NCCCc2nc(-c3ccc(F)cc3)no2)n1. The Hall–Kier alpha value is -2.35. The summed E-state index contributed by atoms with van der Waals surface area (Å²) in [6.45, 7) is 4.89. The van der Waals surface area contributed by atoms with Crippen LogP contribution < -0.4 is 5.32 Å². The molecule has 2 aromatic heterocycles. The highest BCUT2D eigenvalue weighted by molar-refractivity contribution is 7.09. The predicted molar refractivity (Wildman–Crippen MR) is 90.5 cm³/mol. The summed E-state index contributed by atoms with van der Waals surface area (Å²) in [5.74, 6) is 1.95. The van der Waals surface area contributed by atoms with Crippen molar-refractivity contribution < 1.29 is 8.91 Å². The van der Waals surface area contributed by atoms with Crippen LogP contribution in [0, 0.1) is 5.82 Å². The zero-order valence-electron chi connectivity index (χ0n) is 13.5. The van der Waals surface area contributed by atoms with Crippen LogP contribution in [0.5, 0.6) is 0 Å². The van der Waals surface area contributed by atoms with E-state index < -0.39 is 0 Å². The van der Waals surface area contributed by atoms with Gasteiger partial charge in [-0.05, 0) is 30.7 Å². The van der Waals surface area contributed by atoms with Gasteiger partial charge in [0.05, 0.1) is 0 Å². The lowest BCUT2D eigenvalue weighted by Gasteiger charge is -1.99. The van der Waals surface area contributed by atoms with Crippen LogP contribution >= 0.6 is 11.5 Å². The smallest absolute Gasteiger partial charge is 0.227 e. The van der Waals surface area contributed by atoms with Crippen molar-refractivity contribution in [2.45, 2.75) is 32.6 Å². The van der Waals surface area contributed by atoms with E-state index in [9.17, 15) is 4.39 Å². The Balaban J connectivity index is 1.48. The van der Waals surface area contributed by atoms with Gasteiger partial charge < -0.3 is 9.84 Å². The maximum atomic E-state index is 12.9. The lowest BCUT2D eigenvalue weighted by molar-refractivity contribution is 0.377. The molecule has 0 aliphatic rings. The van der Waals surface area contributed by atoms with Crippen molar-refractivity contribution in [2.24, 2.45) is 0 Å². The quantitative estimate of drug-likeness (QED) is 0.653. The Morgan fingerprint density at radius 1 is 1.21 bits per heavy atom. The van der Waals surface area contributed by atoms with Gasteiger partial charge in [-0.1, -0.05) is 19.0 Å². The van der Waals surface area contributed by atoms with Crippen molar-refractivity contribution in [3.8, 4) is 11.4 Å². The van der Waals surface area contributed by atoms with E-state index >= 15 is 0 Å². The summed E-state index contributed by atoms with van der Waals surface area (Å²) in [5, 5.41) is 8.00. The van der Waals surface area contributed by atoms with Gasteiger partial charge in [0, 0.05) is 36.0 Å². The number of nitrogens with one attached hydrogen (secondary N) is 1. The predicted octanol–water partition coefficient (Wildman–Crippen LogP) is 3.90. The lowest BCUT2D eigenvalue weighted by Crippen LogP contribution is -2.03. The first-order chi connectivity index (χ1) is 11.6. The number of rotatable bonds is 7. The van der Waals surface area contributed by atoms with Gasteiger partial charge in [-0.3, -0.25) is 0 Å². The molecule has 1 N–H and O–H groups in total. The third-order valence-electron chi connectivity index (χ3n) is 3.37.